The predicted octanol–water partition coefficient (Wildman–Crippen LogP) is -1.41. The Morgan fingerprint density at radius 1 is 1.50 bits per heavy atom. The number of carbonyl (C=O) groups excluding carboxylic acids is 1. The first-order valence-electron chi connectivity index (χ1n) is 4.13. The van der Waals surface area contributed by atoms with Crippen molar-refractivity contribution in [2.24, 2.45) is 5.73 Å². The molecule has 0 saturated carbocycles. The molecular weight excluding hydrogens is 239 g/mol. The van der Waals surface area contributed by atoms with Gasteiger partial charge < -0.3 is 20.6 Å². The van der Waals surface area contributed by atoms with E-state index in [0.717, 1.165) is 6.08 Å². The molecule has 0 bridgehead atoms. The molecule has 0 aliphatic carbocycles. The van der Waals surface area contributed by atoms with E-state index in [-0.39, 0.29) is 0 Å². The van der Waals surface area contributed by atoms with Gasteiger partial charge in [-0.15, -0.1) is 6.58 Å². The molecule has 16 heavy (non-hydrogen) atoms. The quantitative estimate of drug-likeness (QED) is 0.276. The third kappa shape index (κ3) is 5.04. The van der Waals surface area contributed by atoms with Crippen LogP contribution in [0.1, 0.15) is 6.42 Å². The summed E-state index contributed by atoms with van der Waals surface area (Å²) in [5, 5.41) is 10.8. The molecule has 0 aromatic heterocycles. The number of carbonyl (C=O) groups is 2. The fourth-order valence-corrected chi connectivity index (χ4v) is 1.58. The number of primary amides is 1. The lowest BCUT2D eigenvalue weighted by molar-refractivity contribution is -0.141. The maximum atomic E-state index is 10.9. The fourth-order valence-electron chi connectivity index (χ4n) is 0.927. The van der Waals surface area contributed by atoms with Gasteiger partial charge in [0.1, 0.15) is 11.8 Å². The Morgan fingerprint density at radius 2 is 2.00 bits per heavy atom. The molecule has 2 atom stereocenters. The number of hydrogen-bond acceptors (Lipinski definition) is 4. The zero-order valence-corrected chi connectivity index (χ0v) is 9.13. The molecule has 0 spiro atoms. The minimum atomic E-state index is -4.56. The van der Waals surface area contributed by atoms with Crippen LogP contribution < -0.4 is 11.1 Å². The molecular formula is C7H13N2O6P. The highest BCUT2D eigenvalue weighted by Gasteiger charge is 2.31. The molecule has 1 unspecified atom stereocenters. The average Bonchev–Trinajstić information content (AvgIpc) is 2.08. The number of nitrogens with two attached hydrogens (primary N) is 1. The first kappa shape index (κ1) is 14.8. The summed E-state index contributed by atoms with van der Waals surface area (Å²) in [5.74, 6) is -3.86. The van der Waals surface area contributed by atoms with Gasteiger partial charge in [-0.3, -0.25) is 19.5 Å². The topological polar surface area (TPSA) is 150 Å². The first-order chi connectivity index (χ1) is 7.18. The number of nitrogens with one attached hydrogen (secondary N) is 1. The van der Waals surface area contributed by atoms with Crippen LogP contribution in [0.3, 0.4) is 0 Å². The van der Waals surface area contributed by atoms with Crippen molar-refractivity contribution in [3.05, 3.63) is 12.7 Å². The fraction of sp³-hybridized carbons (Fsp3) is 0.429. The molecule has 0 radical (unpaired) electrons. The SMILES string of the molecule is C=CC(N[C@@H](CC(N)=O)C(=O)O)P(=O)(O)O. The van der Waals surface area contributed by atoms with Crippen molar-refractivity contribution in [2.75, 3.05) is 0 Å². The van der Waals surface area contributed by atoms with Crippen molar-refractivity contribution in [1.29, 1.82) is 0 Å². The molecule has 6 N–H and O–H groups in total. The van der Waals surface area contributed by atoms with Crippen LogP contribution in [0.15, 0.2) is 12.7 Å². The third-order valence-electron chi connectivity index (χ3n) is 1.66. The van der Waals surface area contributed by atoms with Crippen molar-refractivity contribution in [2.45, 2.75) is 18.2 Å². The summed E-state index contributed by atoms with van der Waals surface area (Å²) in [7, 11) is -4.56. The second kappa shape index (κ2) is 5.76. The van der Waals surface area contributed by atoms with Crippen LogP contribution >= 0.6 is 7.60 Å². The standard InChI is InChI=1S/C7H13N2O6P/c1-2-6(16(13,14)15)9-4(7(11)12)3-5(8)10/h2,4,6,9H,1,3H2,(H2,8,10)(H,11,12)(H2,13,14,15)/t4-,6?/m0/s1. The van der Waals surface area contributed by atoms with Gasteiger partial charge in [0.25, 0.3) is 0 Å². The van der Waals surface area contributed by atoms with Gasteiger partial charge in [-0.25, -0.2) is 0 Å². The van der Waals surface area contributed by atoms with Gasteiger partial charge in [0, 0.05) is 0 Å². The van der Waals surface area contributed by atoms with Gasteiger partial charge in [0.05, 0.1) is 6.42 Å². The molecule has 0 heterocycles. The highest BCUT2D eigenvalue weighted by atomic mass is 31.2. The Balaban J connectivity index is 4.73. The molecule has 0 aliphatic heterocycles. The van der Waals surface area contributed by atoms with Gasteiger partial charge in [0.2, 0.25) is 5.91 Å². The van der Waals surface area contributed by atoms with E-state index >= 15 is 0 Å². The second-order valence-corrected chi connectivity index (χ2v) is 4.73. The third-order valence-corrected chi connectivity index (χ3v) is 2.75. The monoisotopic (exact) mass is 252 g/mol. The van der Waals surface area contributed by atoms with E-state index in [1.54, 1.807) is 0 Å². The summed E-state index contributed by atoms with van der Waals surface area (Å²) in [6.45, 7) is 3.16. The van der Waals surface area contributed by atoms with Gasteiger partial charge in [0.15, 0.2) is 0 Å². The minimum absolute atomic E-state index is 0.570. The zero-order valence-electron chi connectivity index (χ0n) is 8.24. The Labute approximate surface area is 91.3 Å². The van der Waals surface area contributed by atoms with E-state index in [9.17, 15) is 14.2 Å². The maximum absolute atomic E-state index is 10.9. The Morgan fingerprint density at radius 3 is 2.25 bits per heavy atom. The number of aliphatic carboxylic acids is 1. The molecule has 0 aromatic carbocycles. The van der Waals surface area contributed by atoms with Crippen LogP contribution in [0, 0.1) is 0 Å². The van der Waals surface area contributed by atoms with Crippen molar-refractivity contribution in [3.63, 3.8) is 0 Å². The van der Waals surface area contributed by atoms with Crippen molar-refractivity contribution >= 4 is 19.5 Å². The lowest BCUT2D eigenvalue weighted by atomic mass is 10.2. The summed E-state index contributed by atoms with van der Waals surface area (Å²) in [5.41, 5.74) is 4.80. The first-order valence-corrected chi connectivity index (χ1v) is 5.81. The van der Waals surface area contributed by atoms with E-state index in [1.165, 1.54) is 0 Å². The van der Waals surface area contributed by atoms with E-state index in [0.29, 0.717) is 0 Å². The summed E-state index contributed by atoms with van der Waals surface area (Å²) < 4.78 is 10.9. The Kier molecular flexibility index (Phi) is 5.32. The largest absolute Gasteiger partial charge is 0.480 e. The highest BCUT2D eigenvalue weighted by Crippen LogP contribution is 2.40. The number of rotatable bonds is 7. The van der Waals surface area contributed by atoms with Crippen LogP contribution in [0.2, 0.25) is 0 Å². The highest BCUT2D eigenvalue weighted by molar-refractivity contribution is 7.52. The van der Waals surface area contributed by atoms with Crippen LogP contribution in [-0.4, -0.2) is 38.6 Å². The summed E-state index contributed by atoms with van der Waals surface area (Å²) in [4.78, 5) is 38.8. The van der Waals surface area contributed by atoms with E-state index in [4.69, 9.17) is 20.6 Å². The van der Waals surface area contributed by atoms with Crippen LogP contribution in [0.4, 0.5) is 0 Å². The molecule has 0 saturated heterocycles. The number of carboxylic acids is 1. The van der Waals surface area contributed by atoms with E-state index < -0.39 is 37.7 Å². The average molecular weight is 252 g/mol. The number of carboxylic acid groups (broad SMARTS) is 1. The van der Waals surface area contributed by atoms with E-state index in [1.807, 2.05) is 0 Å². The lowest BCUT2D eigenvalue weighted by Crippen LogP contribution is -2.44. The maximum Gasteiger partial charge on any atom is 0.346 e. The van der Waals surface area contributed by atoms with Gasteiger partial charge in [-0.1, -0.05) is 6.08 Å². The number of amides is 1. The lowest BCUT2D eigenvalue weighted by Gasteiger charge is -2.20. The van der Waals surface area contributed by atoms with Gasteiger partial charge in [-0.05, 0) is 0 Å². The molecule has 9 heteroatoms. The van der Waals surface area contributed by atoms with Gasteiger partial charge in [-0.2, -0.15) is 0 Å². The smallest absolute Gasteiger partial charge is 0.346 e. The Bertz CT molecular complexity index is 338. The molecule has 1 amide bonds. The molecule has 0 rings (SSSR count). The van der Waals surface area contributed by atoms with Gasteiger partial charge >= 0.3 is 13.6 Å². The Hall–Kier alpha value is -1.21. The van der Waals surface area contributed by atoms with Crippen molar-refractivity contribution < 1.29 is 29.0 Å². The normalized spacial score (nSPS) is 15.1. The summed E-state index contributed by atoms with van der Waals surface area (Å²) in [6.07, 6.45) is 0.303. The van der Waals surface area contributed by atoms with Crippen LogP contribution in [0.25, 0.3) is 0 Å². The second-order valence-electron chi connectivity index (χ2n) is 3.00. The van der Waals surface area contributed by atoms with Crippen LogP contribution in [-0.2, 0) is 14.2 Å². The molecule has 0 aliphatic rings. The van der Waals surface area contributed by atoms with E-state index in [2.05, 4.69) is 11.9 Å². The minimum Gasteiger partial charge on any atom is -0.480 e. The molecule has 92 valence electrons. The molecule has 8 nitrogen and oxygen atoms in total. The zero-order chi connectivity index (χ0) is 12.9. The molecule has 0 aromatic rings. The summed E-state index contributed by atoms with van der Waals surface area (Å²) >= 11 is 0. The van der Waals surface area contributed by atoms with Crippen LogP contribution in [0.5, 0.6) is 0 Å². The molecule has 0 fully saturated rings. The number of hydrogen-bond donors (Lipinski definition) is 5. The van der Waals surface area contributed by atoms with Crippen molar-refractivity contribution in [1.82, 2.24) is 5.32 Å². The summed E-state index contributed by atoms with van der Waals surface area (Å²) in [6, 6.07) is -1.46. The predicted molar refractivity (Wildman–Crippen MR) is 54.4 cm³/mol. The van der Waals surface area contributed by atoms with Crippen molar-refractivity contribution in [3.8, 4) is 0 Å².